The minimum absolute atomic E-state index is 0.0655. The summed E-state index contributed by atoms with van der Waals surface area (Å²) in [5.41, 5.74) is 0.969. The summed E-state index contributed by atoms with van der Waals surface area (Å²) in [7, 11) is 1.60. The van der Waals surface area contributed by atoms with Gasteiger partial charge >= 0.3 is 0 Å². The molecule has 0 bridgehead atoms. The van der Waals surface area contributed by atoms with Crippen molar-refractivity contribution >= 4 is 22.8 Å². The largest absolute Gasteiger partial charge is 0.497 e. The summed E-state index contributed by atoms with van der Waals surface area (Å²) >= 11 is 5.14. The fraction of sp³-hybridized carbons (Fsp3) is 0.333. The maximum absolute atomic E-state index is 11.3. The first kappa shape index (κ1) is 13.5. The highest BCUT2D eigenvalue weighted by Gasteiger charge is 2.04. The Bertz CT molecular complexity index is 389. The minimum Gasteiger partial charge on any atom is -0.497 e. The smallest absolute Gasteiger partial charge is 0.222 e. The average Bonchev–Trinajstić information content (AvgIpc) is 2.34. The van der Waals surface area contributed by atoms with Gasteiger partial charge in [0.1, 0.15) is 5.75 Å². The summed E-state index contributed by atoms with van der Waals surface area (Å²) in [6.07, 6.45) is 0.189. The van der Waals surface area contributed by atoms with Crippen LogP contribution in [0.25, 0.3) is 0 Å². The van der Waals surface area contributed by atoms with E-state index >= 15 is 0 Å². The van der Waals surface area contributed by atoms with Gasteiger partial charge in [-0.25, -0.2) is 0 Å². The van der Waals surface area contributed by atoms with E-state index in [9.17, 15) is 9.59 Å². The number of hydrogen-bond donors (Lipinski definition) is 1. The number of amides is 1. The van der Waals surface area contributed by atoms with E-state index in [0.29, 0.717) is 6.54 Å². The van der Waals surface area contributed by atoms with Gasteiger partial charge in [0.15, 0.2) is 0 Å². The van der Waals surface area contributed by atoms with Gasteiger partial charge in [0.2, 0.25) is 11.1 Å². The molecule has 4 nitrogen and oxygen atoms in total. The molecule has 0 saturated carbocycles. The van der Waals surface area contributed by atoms with Crippen molar-refractivity contribution in [2.24, 2.45) is 0 Å². The Labute approximate surface area is 105 Å². The summed E-state index contributed by atoms with van der Waals surface area (Å²) in [6, 6.07) is 7.38. The van der Waals surface area contributed by atoms with E-state index in [1.165, 1.54) is 0 Å². The molecular weight excluding hydrogens is 242 g/mol. The zero-order chi connectivity index (χ0) is 12.7. The Kier molecular flexibility index (Phi) is 5.49. The fourth-order valence-electron chi connectivity index (χ4n) is 1.24. The van der Waals surface area contributed by atoms with Gasteiger partial charge in [-0.1, -0.05) is 12.1 Å². The van der Waals surface area contributed by atoms with E-state index < -0.39 is 5.24 Å². The molecule has 17 heavy (non-hydrogen) atoms. The molecule has 0 unspecified atom stereocenters. The molecule has 0 aliphatic rings. The monoisotopic (exact) mass is 255 g/mol. The van der Waals surface area contributed by atoms with Crippen LogP contribution in [0.4, 0.5) is 0 Å². The third kappa shape index (κ3) is 5.36. The van der Waals surface area contributed by atoms with E-state index in [4.69, 9.17) is 16.3 Å². The molecule has 0 radical (unpaired) electrons. The molecule has 1 aromatic carbocycles. The zero-order valence-corrected chi connectivity index (χ0v) is 10.3. The van der Waals surface area contributed by atoms with E-state index in [-0.39, 0.29) is 18.7 Å². The standard InChI is InChI=1S/C12H14ClNO3/c1-17-10-4-2-9(3-5-10)8-14-12(16)7-6-11(13)15/h2-5H,6-8H2,1H3,(H,14,16). The van der Waals surface area contributed by atoms with Gasteiger partial charge in [0.05, 0.1) is 7.11 Å². The molecule has 0 atom stereocenters. The van der Waals surface area contributed by atoms with Crippen LogP contribution in [0.3, 0.4) is 0 Å². The van der Waals surface area contributed by atoms with E-state index in [1.807, 2.05) is 24.3 Å². The van der Waals surface area contributed by atoms with Crippen molar-refractivity contribution < 1.29 is 14.3 Å². The number of carbonyl (C=O) groups excluding carboxylic acids is 2. The molecule has 0 spiro atoms. The van der Waals surface area contributed by atoms with Crippen LogP contribution in [0.5, 0.6) is 5.75 Å². The van der Waals surface area contributed by atoms with Gasteiger partial charge in [-0.2, -0.15) is 0 Å². The van der Waals surface area contributed by atoms with Gasteiger partial charge in [0, 0.05) is 19.4 Å². The predicted octanol–water partition coefficient (Wildman–Crippen LogP) is 1.86. The number of ether oxygens (including phenoxy) is 1. The molecule has 1 amide bonds. The number of carbonyl (C=O) groups is 2. The van der Waals surface area contributed by atoms with Crippen LogP contribution in [0.15, 0.2) is 24.3 Å². The number of methoxy groups -OCH3 is 1. The van der Waals surface area contributed by atoms with Crippen LogP contribution in [0.1, 0.15) is 18.4 Å². The highest BCUT2D eigenvalue weighted by Crippen LogP contribution is 2.10. The Morgan fingerprint density at radius 2 is 1.88 bits per heavy atom. The normalized spacial score (nSPS) is 9.76. The molecule has 1 N–H and O–H groups in total. The summed E-state index contributed by atoms with van der Waals surface area (Å²) in [5.74, 6) is 0.586. The van der Waals surface area contributed by atoms with Gasteiger partial charge in [0.25, 0.3) is 0 Å². The number of rotatable bonds is 6. The summed E-state index contributed by atoms with van der Waals surface area (Å²) in [6.45, 7) is 0.430. The molecule has 0 aromatic heterocycles. The molecular formula is C12H14ClNO3. The molecule has 0 aliphatic carbocycles. The first-order valence-electron chi connectivity index (χ1n) is 5.20. The Balaban J connectivity index is 2.34. The van der Waals surface area contributed by atoms with Crippen LogP contribution in [0.2, 0.25) is 0 Å². The summed E-state index contributed by atoms with van der Waals surface area (Å²) in [5, 5.41) is 2.21. The molecule has 0 aliphatic heterocycles. The molecule has 5 heteroatoms. The van der Waals surface area contributed by atoms with E-state index in [0.717, 1.165) is 11.3 Å². The summed E-state index contributed by atoms with van der Waals surface area (Å²) in [4.78, 5) is 21.8. The topological polar surface area (TPSA) is 55.4 Å². The third-order valence-electron chi connectivity index (χ3n) is 2.20. The quantitative estimate of drug-likeness (QED) is 0.790. The lowest BCUT2D eigenvalue weighted by Gasteiger charge is -2.05. The Hall–Kier alpha value is -1.55. The van der Waals surface area contributed by atoms with Gasteiger partial charge in [-0.3, -0.25) is 9.59 Å². The second-order valence-electron chi connectivity index (χ2n) is 3.48. The molecule has 0 saturated heterocycles. The van der Waals surface area contributed by atoms with Gasteiger partial charge in [-0.05, 0) is 29.3 Å². The first-order chi connectivity index (χ1) is 8.11. The first-order valence-corrected chi connectivity index (χ1v) is 5.57. The maximum Gasteiger partial charge on any atom is 0.222 e. The minimum atomic E-state index is -0.496. The second kappa shape index (κ2) is 6.91. The van der Waals surface area contributed by atoms with Crippen molar-refractivity contribution in [1.82, 2.24) is 5.32 Å². The average molecular weight is 256 g/mol. The number of halogens is 1. The van der Waals surface area contributed by atoms with Crippen molar-refractivity contribution in [2.45, 2.75) is 19.4 Å². The Morgan fingerprint density at radius 1 is 1.24 bits per heavy atom. The van der Waals surface area contributed by atoms with E-state index in [1.54, 1.807) is 7.11 Å². The van der Waals surface area contributed by atoms with Crippen molar-refractivity contribution in [3.05, 3.63) is 29.8 Å². The lowest BCUT2D eigenvalue weighted by molar-refractivity contribution is -0.123. The third-order valence-corrected chi connectivity index (χ3v) is 2.39. The summed E-state index contributed by atoms with van der Waals surface area (Å²) < 4.78 is 5.02. The molecule has 92 valence electrons. The molecule has 1 rings (SSSR count). The predicted molar refractivity (Wildman–Crippen MR) is 64.9 cm³/mol. The molecule has 0 fully saturated rings. The van der Waals surface area contributed by atoms with Crippen molar-refractivity contribution in [2.75, 3.05) is 7.11 Å². The highest BCUT2D eigenvalue weighted by molar-refractivity contribution is 6.63. The van der Waals surface area contributed by atoms with Crippen LogP contribution < -0.4 is 10.1 Å². The highest BCUT2D eigenvalue weighted by atomic mass is 35.5. The van der Waals surface area contributed by atoms with Crippen molar-refractivity contribution in [1.29, 1.82) is 0 Å². The fourth-order valence-corrected chi connectivity index (χ4v) is 1.34. The maximum atomic E-state index is 11.3. The van der Waals surface area contributed by atoms with E-state index in [2.05, 4.69) is 5.32 Å². The zero-order valence-electron chi connectivity index (χ0n) is 9.53. The van der Waals surface area contributed by atoms with Crippen molar-refractivity contribution in [3.8, 4) is 5.75 Å². The molecule has 1 aromatic rings. The van der Waals surface area contributed by atoms with Gasteiger partial charge < -0.3 is 10.1 Å². The van der Waals surface area contributed by atoms with Gasteiger partial charge in [-0.15, -0.1) is 0 Å². The van der Waals surface area contributed by atoms with Crippen LogP contribution in [0, 0.1) is 0 Å². The van der Waals surface area contributed by atoms with Crippen LogP contribution >= 0.6 is 11.6 Å². The Morgan fingerprint density at radius 3 is 2.41 bits per heavy atom. The SMILES string of the molecule is COc1ccc(CNC(=O)CCC(=O)Cl)cc1. The van der Waals surface area contributed by atoms with Crippen LogP contribution in [-0.4, -0.2) is 18.3 Å². The second-order valence-corrected chi connectivity index (χ2v) is 3.90. The molecule has 0 heterocycles. The lowest BCUT2D eigenvalue weighted by Crippen LogP contribution is -2.22. The van der Waals surface area contributed by atoms with Crippen molar-refractivity contribution in [3.63, 3.8) is 0 Å². The number of benzene rings is 1. The van der Waals surface area contributed by atoms with Crippen LogP contribution in [-0.2, 0) is 16.1 Å². The lowest BCUT2D eigenvalue weighted by atomic mass is 10.2. The number of hydrogen-bond acceptors (Lipinski definition) is 3. The number of nitrogens with one attached hydrogen (secondary N) is 1.